The molecule has 8 bridgehead atoms. The fourth-order valence-corrected chi connectivity index (χ4v) is 12.0. The zero-order valence-electron chi connectivity index (χ0n) is 42.5. The summed E-state index contributed by atoms with van der Waals surface area (Å²) in [6.07, 6.45) is 7.86. The number of aromatic hydroxyl groups is 1. The highest BCUT2D eigenvalue weighted by Crippen LogP contribution is 2.59. The van der Waals surface area contributed by atoms with Crippen LogP contribution >= 0.6 is 0 Å². The quantitative estimate of drug-likeness (QED) is 0.101. The van der Waals surface area contributed by atoms with E-state index in [0.717, 1.165) is 44.1 Å². The summed E-state index contributed by atoms with van der Waals surface area (Å²) in [5.41, 5.74) is 1.56. The molecule has 0 aromatic heterocycles. The minimum atomic E-state index is -0.570. The highest BCUT2D eigenvalue weighted by Gasteiger charge is 2.66. The standard InChI is InChI=1S/C14H20O3.C12H14O4.C11H12O5.C10H10O3.C10H10O2/c1-9(2)12(15)17-14-6-10-3-11(7-14)5-13(16,4-10)8-14;1-5(2)11(13)15-9-6-3-7-8(4-6)12(14)16-10(7)9;1-4(2)10(12)15-8-6-3-5-7(14-6)9(8)16-11(5)13;1-7(2)10(12)13-9-5-3-8(11)4-6-9;1-3-9-4-6-10(7-5-9)12-8(2)11/h10-11,16H,1,3-8H2,2H3;6-10H,1,3-4H2,2H3;5-9H,1,3H2,2H3;3-6,11H,1H2,2H3;3-7H,1H2,2H3. The molecule has 12 atom stereocenters. The minimum absolute atomic E-state index is 0.0646. The SMILES string of the molecule is C=C(C)C(=O)OC12CC3CC(CC(O)(C3)C1)C2.C=C(C)C(=O)OC1C2CC3C(=O)OC1C3C2.C=C(C)C(=O)OC1C2CC3C(=O)OC1C3O2.C=C(C)C(=O)Oc1ccc(O)cc1.C=Cc1ccc(OC(C)=O)cc1. The molecule has 2 N–H and O–H groups in total. The van der Waals surface area contributed by atoms with E-state index in [2.05, 4.69) is 32.9 Å². The molecule has 396 valence electrons. The van der Waals surface area contributed by atoms with Crippen molar-refractivity contribution in [2.45, 2.75) is 140 Å². The molecular formula is C57H66O17. The third-order valence-electron chi connectivity index (χ3n) is 14.8. The minimum Gasteiger partial charge on any atom is -0.508 e. The lowest BCUT2D eigenvalue weighted by Gasteiger charge is -2.59. The van der Waals surface area contributed by atoms with Crippen molar-refractivity contribution < 1.29 is 81.7 Å². The normalized spacial score (nSPS) is 32.6. The van der Waals surface area contributed by atoms with E-state index < -0.39 is 35.3 Å². The molecule has 12 unspecified atom stereocenters. The highest BCUT2D eigenvalue weighted by atomic mass is 16.7. The molecule has 6 saturated carbocycles. The van der Waals surface area contributed by atoms with Gasteiger partial charge in [-0.1, -0.05) is 51.1 Å². The van der Waals surface area contributed by atoms with Gasteiger partial charge in [-0.15, -0.1) is 0 Å². The molecule has 0 radical (unpaired) electrons. The predicted molar refractivity (Wildman–Crippen MR) is 265 cm³/mol. The second-order valence-corrected chi connectivity index (χ2v) is 21.2. The number of esters is 7. The average molecular weight is 1020 g/mol. The molecule has 17 heteroatoms. The maximum absolute atomic E-state index is 11.7. The fraction of sp³-hybridized carbons (Fsp3) is 0.491. The largest absolute Gasteiger partial charge is 0.508 e. The molecule has 4 saturated heterocycles. The Morgan fingerprint density at radius 2 is 1.15 bits per heavy atom. The van der Waals surface area contributed by atoms with E-state index in [1.54, 1.807) is 45.9 Å². The Hall–Kier alpha value is -6.85. The number of rotatable bonds is 10. The lowest BCUT2D eigenvalue weighted by molar-refractivity contribution is -0.217. The van der Waals surface area contributed by atoms with E-state index >= 15 is 0 Å². The molecule has 6 aliphatic carbocycles. The van der Waals surface area contributed by atoms with Crippen molar-refractivity contribution in [2.75, 3.05) is 0 Å². The number of ether oxygens (including phenoxy) is 8. The van der Waals surface area contributed by atoms with Crippen LogP contribution in [0, 0.1) is 35.5 Å². The van der Waals surface area contributed by atoms with Gasteiger partial charge < -0.3 is 48.1 Å². The Morgan fingerprint density at radius 1 is 0.622 bits per heavy atom. The Balaban J connectivity index is 0.000000136. The number of carbonyl (C=O) groups excluding carboxylic acids is 7. The Bertz CT molecular complexity index is 2510. The number of benzene rings is 2. The van der Waals surface area contributed by atoms with Gasteiger partial charge in [0.2, 0.25) is 0 Å². The zero-order valence-corrected chi connectivity index (χ0v) is 42.5. The van der Waals surface area contributed by atoms with Crippen molar-refractivity contribution in [3.63, 3.8) is 0 Å². The summed E-state index contributed by atoms with van der Waals surface area (Å²) in [4.78, 5) is 79.0. The molecule has 4 aliphatic heterocycles. The van der Waals surface area contributed by atoms with Crippen molar-refractivity contribution >= 4 is 47.9 Å². The van der Waals surface area contributed by atoms with Gasteiger partial charge in [0, 0.05) is 47.5 Å². The molecule has 10 aliphatic rings. The number of aliphatic hydroxyl groups is 1. The monoisotopic (exact) mass is 1020 g/mol. The van der Waals surface area contributed by atoms with Crippen molar-refractivity contribution in [2.24, 2.45) is 35.5 Å². The first-order valence-electron chi connectivity index (χ1n) is 24.8. The van der Waals surface area contributed by atoms with Crippen LogP contribution in [0.2, 0.25) is 0 Å². The molecule has 2 aromatic rings. The number of hydrogen-bond donors (Lipinski definition) is 2. The summed E-state index contributed by atoms with van der Waals surface area (Å²) in [5, 5.41) is 19.4. The van der Waals surface area contributed by atoms with E-state index in [1.807, 2.05) is 12.1 Å². The lowest BCUT2D eigenvalue weighted by atomic mass is 9.52. The Morgan fingerprint density at radius 3 is 1.69 bits per heavy atom. The van der Waals surface area contributed by atoms with Gasteiger partial charge in [0.1, 0.15) is 41.2 Å². The van der Waals surface area contributed by atoms with E-state index in [4.69, 9.17) is 43.0 Å². The molecule has 0 amide bonds. The Labute approximate surface area is 430 Å². The number of phenolic OH excluding ortho intramolecular Hbond substituents is 1. The van der Waals surface area contributed by atoms with Crippen molar-refractivity contribution in [1.82, 2.24) is 0 Å². The maximum atomic E-state index is 11.7. The smallest absolute Gasteiger partial charge is 0.338 e. The van der Waals surface area contributed by atoms with Crippen LogP contribution in [-0.2, 0) is 62.0 Å². The van der Waals surface area contributed by atoms with Crippen molar-refractivity contribution in [3.05, 3.63) is 109 Å². The van der Waals surface area contributed by atoms with E-state index in [-0.39, 0.29) is 77.8 Å². The van der Waals surface area contributed by atoms with E-state index in [9.17, 15) is 38.7 Å². The van der Waals surface area contributed by atoms with Gasteiger partial charge in [0.15, 0.2) is 12.2 Å². The molecule has 2 aromatic carbocycles. The first-order chi connectivity index (χ1) is 34.9. The van der Waals surface area contributed by atoms with Gasteiger partial charge in [-0.3, -0.25) is 14.4 Å². The Kier molecular flexibility index (Phi) is 16.6. The van der Waals surface area contributed by atoms with Crippen molar-refractivity contribution in [1.29, 1.82) is 0 Å². The predicted octanol–water partition coefficient (Wildman–Crippen LogP) is 7.56. The summed E-state index contributed by atoms with van der Waals surface area (Å²) in [5.74, 6) is 0.421. The van der Waals surface area contributed by atoms with Gasteiger partial charge >= 0.3 is 41.8 Å². The summed E-state index contributed by atoms with van der Waals surface area (Å²) in [7, 11) is 0. The van der Waals surface area contributed by atoms with Crippen LogP contribution in [0.1, 0.15) is 98.0 Å². The summed E-state index contributed by atoms with van der Waals surface area (Å²) >= 11 is 0. The second-order valence-electron chi connectivity index (χ2n) is 21.2. The molecular weight excluding hydrogens is 957 g/mol. The number of carbonyl (C=O) groups is 7. The lowest BCUT2D eigenvalue weighted by Crippen LogP contribution is -2.60. The molecule has 17 nitrogen and oxygen atoms in total. The first-order valence-corrected chi connectivity index (χ1v) is 24.8. The van der Waals surface area contributed by atoms with Gasteiger partial charge in [0.25, 0.3) is 0 Å². The third kappa shape index (κ3) is 12.6. The van der Waals surface area contributed by atoms with E-state index in [1.165, 1.54) is 37.6 Å². The summed E-state index contributed by atoms with van der Waals surface area (Å²) in [6.45, 7) is 25.6. The number of phenols is 1. The first kappa shape index (κ1) is 54.9. The summed E-state index contributed by atoms with van der Waals surface area (Å²) < 4.78 is 42.0. The molecule has 10 fully saturated rings. The van der Waals surface area contributed by atoms with Crippen LogP contribution in [0.4, 0.5) is 0 Å². The number of fused-ring (bicyclic) bond motifs is 2. The van der Waals surface area contributed by atoms with E-state index in [0.29, 0.717) is 64.4 Å². The van der Waals surface area contributed by atoms with Gasteiger partial charge in [-0.25, -0.2) is 19.2 Å². The highest BCUT2D eigenvalue weighted by molar-refractivity contribution is 5.89. The number of hydrogen-bond acceptors (Lipinski definition) is 17. The molecule has 4 heterocycles. The van der Waals surface area contributed by atoms with Crippen LogP contribution in [0.25, 0.3) is 6.08 Å². The maximum Gasteiger partial charge on any atom is 0.338 e. The van der Waals surface area contributed by atoms with Crippen molar-refractivity contribution in [3.8, 4) is 17.2 Å². The topological polar surface area (TPSA) is 234 Å². The average Bonchev–Trinajstić information content (AvgIpc) is 4.16. The van der Waals surface area contributed by atoms with Crippen LogP contribution in [-0.4, -0.2) is 99.8 Å². The second kappa shape index (κ2) is 22.3. The summed E-state index contributed by atoms with van der Waals surface area (Å²) in [6, 6.07) is 13.1. The third-order valence-corrected chi connectivity index (χ3v) is 14.8. The molecule has 74 heavy (non-hydrogen) atoms. The van der Waals surface area contributed by atoms with Crippen LogP contribution in [0.3, 0.4) is 0 Å². The zero-order chi connectivity index (χ0) is 54.0. The van der Waals surface area contributed by atoms with Gasteiger partial charge in [-0.2, -0.15) is 0 Å². The van der Waals surface area contributed by atoms with Crippen LogP contribution in [0.15, 0.2) is 104 Å². The molecule has 0 spiro atoms. The van der Waals surface area contributed by atoms with Crippen LogP contribution in [0.5, 0.6) is 17.2 Å². The van der Waals surface area contributed by atoms with Gasteiger partial charge in [0.05, 0.1) is 23.5 Å². The fourth-order valence-electron chi connectivity index (χ4n) is 12.0. The molecule has 12 rings (SSSR count). The van der Waals surface area contributed by atoms with Gasteiger partial charge in [-0.05, 0) is 133 Å². The van der Waals surface area contributed by atoms with Crippen LogP contribution < -0.4 is 9.47 Å².